The van der Waals surface area contributed by atoms with Crippen LogP contribution in [-0.2, 0) is 19.1 Å². The zero-order chi connectivity index (χ0) is 22.6. The molecule has 0 heterocycles. The van der Waals surface area contributed by atoms with Gasteiger partial charge in [-0.05, 0) is 69.4 Å². The lowest BCUT2D eigenvalue weighted by atomic mass is 9.47. The number of ether oxygens (including phenoxy) is 1. The number of rotatable bonds is 5. The first-order valence-electron chi connectivity index (χ1n) is 10.5. The van der Waals surface area contributed by atoms with Gasteiger partial charge in [0.15, 0.2) is 23.6 Å². The zero-order valence-electron chi connectivity index (χ0n) is 17.4. The maximum Gasteiger partial charge on any atom is 0.312 e. The lowest BCUT2D eigenvalue weighted by Gasteiger charge is -2.60. The average molecular weight is 438 g/mol. The molecule has 3 atom stereocenters. The molecule has 1 aromatic carbocycles. The van der Waals surface area contributed by atoms with E-state index in [0.717, 1.165) is 25.3 Å². The van der Waals surface area contributed by atoms with Gasteiger partial charge < -0.3 is 15.4 Å². The SMILES string of the molecule is CC(=O)NC12CC3CC(C1)CC(C(=O)OC(C)C(=O)Nc1ccc(F)c(F)c1F)(C3)C2. The molecule has 1 aromatic rings. The van der Waals surface area contributed by atoms with E-state index in [0.29, 0.717) is 37.2 Å². The number of carbonyl (C=O) groups excluding carboxylic acids is 3. The summed E-state index contributed by atoms with van der Waals surface area (Å²) < 4.78 is 45.7. The second-order valence-electron chi connectivity index (χ2n) is 9.46. The largest absolute Gasteiger partial charge is 0.452 e. The molecule has 0 spiro atoms. The Hall–Kier alpha value is -2.58. The van der Waals surface area contributed by atoms with Crippen LogP contribution in [0.15, 0.2) is 12.1 Å². The Kier molecular flexibility index (Phi) is 5.26. The summed E-state index contributed by atoms with van der Waals surface area (Å²) in [5.41, 5.74) is -1.73. The second-order valence-corrected chi connectivity index (χ2v) is 9.46. The third-order valence-corrected chi connectivity index (χ3v) is 6.88. The molecular formula is C22H25F3N2O4. The predicted octanol–water partition coefficient (Wildman–Crippen LogP) is 3.45. The summed E-state index contributed by atoms with van der Waals surface area (Å²) in [6.45, 7) is 2.81. The first-order valence-corrected chi connectivity index (χ1v) is 10.5. The third-order valence-electron chi connectivity index (χ3n) is 6.88. The molecular weight excluding hydrogens is 413 g/mol. The van der Waals surface area contributed by atoms with E-state index in [4.69, 9.17) is 4.74 Å². The van der Waals surface area contributed by atoms with Crippen molar-refractivity contribution in [2.75, 3.05) is 5.32 Å². The Balaban J connectivity index is 1.46. The standard InChI is InChI=1S/C22H25F3N2O4/c1-11(19(29)26-16-4-3-15(23)17(24)18(16)25)31-20(30)21-6-13-5-14(7-21)9-22(8-13,10-21)27-12(2)28/h3-4,11,13-14H,5-10H2,1-2H3,(H,26,29)(H,27,28). The van der Waals surface area contributed by atoms with E-state index in [-0.39, 0.29) is 5.91 Å². The summed E-state index contributed by atoms with van der Waals surface area (Å²) in [5, 5.41) is 5.19. The van der Waals surface area contributed by atoms with Crippen LogP contribution in [0.2, 0.25) is 0 Å². The van der Waals surface area contributed by atoms with Crippen LogP contribution >= 0.6 is 0 Å². The van der Waals surface area contributed by atoms with Crippen molar-refractivity contribution in [2.45, 2.75) is 64.0 Å². The predicted molar refractivity (Wildman–Crippen MR) is 104 cm³/mol. The van der Waals surface area contributed by atoms with Crippen LogP contribution in [0.4, 0.5) is 18.9 Å². The summed E-state index contributed by atoms with van der Waals surface area (Å²) in [5.74, 6) is -5.47. The maximum absolute atomic E-state index is 13.8. The molecule has 4 saturated carbocycles. The number of benzene rings is 1. The lowest BCUT2D eigenvalue weighted by Crippen LogP contribution is -2.65. The fourth-order valence-corrected chi connectivity index (χ4v) is 6.22. The van der Waals surface area contributed by atoms with Gasteiger partial charge in [-0.25, -0.2) is 13.2 Å². The molecule has 3 unspecified atom stereocenters. The van der Waals surface area contributed by atoms with Crippen LogP contribution in [0.3, 0.4) is 0 Å². The van der Waals surface area contributed by atoms with Gasteiger partial charge in [0.25, 0.3) is 5.91 Å². The lowest BCUT2D eigenvalue weighted by molar-refractivity contribution is -0.181. The number of esters is 1. The minimum atomic E-state index is -1.70. The molecule has 0 radical (unpaired) electrons. The Morgan fingerprint density at radius 3 is 2.32 bits per heavy atom. The van der Waals surface area contributed by atoms with Gasteiger partial charge in [0.2, 0.25) is 5.91 Å². The number of hydrogen-bond acceptors (Lipinski definition) is 4. The van der Waals surface area contributed by atoms with Gasteiger partial charge >= 0.3 is 5.97 Å². The summed E-state index contributed by atoms with van der Waals surface area (Å²) in [6.07, 6.45) is 3.20. The quantitative estimate of drug-likeness (QED) is 0.545. The molecule has 2 N–H and O–H groups in total. The monoisotopic (exact) mass is 438 g/mol. The van der Waals surface area contributed by atoms with E-state index in [1.165, 1.54) is 13.8 Å². The van der Waals surface area contributed by atoms with E-state index in [1.54, 1.807) is 0 Å². The van der Waals surface area contributed by atoms with Gasteiger partial charge in [0.05, 0.1) is 11.1 Å². The minimum absolute atomic E-state index is 0.133. The molecule has 9 heteroatoms. The molecule has 0 aliphatic heterocycles. The summed E-state index contributed by atoms with van der Waals surface area (Å²) in [4.78, 5) is 37.3. The number of halogens is 3. The topological polar surface area (TPSA) is 84.5 Å². The Labute approximate surface area is 177 Å². The first kappa shape index (κ1) is 21.6. The van der Waals surface area contributed by atoms with Crippen LogP contribution in [-0.4, -0.2) is 29.4 Å². The van der Waals surface area contributed by atoms with Gasteiger partial charge in [-0.2, -0.15) is 0 Å². The molecule has 6 nitrogen and oxygen atoms in total. The molecule has 31 heavy (non-hydrogen) atoms. The van der Waals surface area contributed by atoms with E-state index >= 15 is 0 Å². The molecule has 168 valence electrons. The molecule has 0 saturated heterocycles. The maximum atomic E-state index is 13.8. The summed E-state index contributed by atoms with van der Waals surface area (Å²) >= 11 is 0. The van der Waals surface area contributed by atoms with Crippen molar-refractivity contribution in [3.63, 3.8) is 0 Å². The van der Waals surface area contributed by atoms with Crippen LogP contribution < -0.4 is 10.6 Å². The van der Waals surface area contributed by atoms with Crippen molar-refractivity contribution in [3.05, 3.63) is 29.6 Å². The highest BCUT2D eigenvalue weighted by atomic mass is 19.2. The van der Waals surface area contributed by atoms with Crippen molar-refractivity contribution in [1.82, 2.24) is 5.32 Å². The summed E-state index contributed by atoms with van der Waals surface area (Å²) in [7, 11) is 0. The van der Waals surface area contributed by atoms with Crippen molar-refractivity contribution < 1.29 is 32.3 Å². The van der Waals surface area contributed by atoms with Crippen molar-refractivity contribution >= 4 is 23.5 Å². The van der Waals surface area contributed by atoms with Gasteiger partial charge in [-0.1, -0.05) is 0 Å². The Morgan fingerprint density at radius 2 is 1.71 bits per heavy atom. The van der Waals surface area contributed by atoms with Crippen LogP contribution in [0.5, 0.6) is 0 Å². The van der Waals surface area contributed by atoms with Gasteiger partial charge in [-0.15, -0.1) is 0 Å². The Bertz CT molecular complexity index is 937. The number of amides is 2. The first-order chi connectivity index (χ1) is 14.5. The zero-order valence-corrected chi connectivity index (χ0v) is 17.4. The summed E-state index contributed by atoms with van der Waals surface area (Å²) in [6, 6.07) is 1.60. The highest BCUT2D eigenvalue weighted by Crippen LogP contribution is 2.62. The smallest absolute Gasteiger partial charge is 0.312 e. The molecule has 2 amide bonds. The average Bonchev–Trinajstić information content (AvgIpc) is 2.66. The van der Waals surface area contributed by atoms with E-state index < -0.39 is 52.1 Å². The second kappa shape index (κ2) is 7.53. The highest BCUT2D eigenvalue weighted by molar-refractivity contribution is 5.95. The van der Waals surface area contributed by atoms with Gasteiger partial charge in [0.1, 0.15) is 0 Å². The van der Waals surface area contributed by atoms with E-state index in [1.807, 2.05) is 0 Å². The number of carbonyl (C=O) groups is 3. The van der Waals surface area contributed by atoms with Crippen molar-refractivity contribution in [1.29, 1.82) is 0 Å². The molecule has 4 fully saturated rings. The minimum Gasteiger partial charge on any atom is -0.452 e. The fourth-order valence-electron chi connectivity index (χ4n) is 6.22. The fraction of sp³-hybridized carbons (Fsp3) is 0.591. The molecule has 4 aliphatic rings. The number of nitrogens with one attached hydrogen (secondary N) is 2. The van der Waals surface area contributed by atoms with Crippen LogP contribution in [0.1, 0.15) is 52.4 Å². The van der Waals surface area contributed by atoms with Crippen LogP contribution in [0.25, 0.3) is 0 Å². The number of hydrogen-bond donors (Lipinski definition) is 2. The van der Waals surface area contributed by atoms with Gasteiger partial charge in [-0.3, -0.25) is 14.4 Å². The van der Waals surface area contributed by atoms with E-state index in [2.05, 4.69) is 10.6 Å². The molecule has 4 bridgehead atoms. The molecule has 4 aliphatic carbocycles. The third kappa shape index (κ3) is 3.90. The van der Waals surface area contributed by atoms with E-state index in [9.17, 15) is 27.6 Å². The Morgan fingerprint density at radius 1 is 1.06 bits per heavy atom. The normalized spacial score (nSPS) is 31.8. The highest BCUT2D eigenvalue weighted by Gasteiger charge is 2.61. The molecule has 5 rings (SSSR count). The molecule has 0 aromatic heterocycles. The van der Waals surface area contributed by atoms with Crippen molar-refractivity contribution in [2.24, 2.45) is 17.3 Å². The van der Waals surface area contributed by atoms with Gasteiger partial charge in [0, 0.05) is 12.5 Å². The van der Waals surface area contributed by atoms with Crippen molar-refractivity contribution in [3.8, 4) is 0 Å². The number of anilines is 1. The van der Waals surface area contributed by atoms with Crippen LogP contribution in [0, 0.1) is 34.7 Å².